The number of hydrogen-bond donors (Lipinski definition) is 0. The van der Waals surface area contributed by atoms with Crippen molar-refractivity contribution in [2.45, 2.75) is 0 Å². The molecule has 2 aromatic carbocycles. The van der Waals surface area contributed by atoms with Crippen molar-refractivity contribution < 1.29 is 4.79 Å². The molecule has 0 heterocycles. The molecule has 0 unspecified atom stereocenters. The monoisotopic (exact) mass is 318 g/mol. The van der Waals surface area contributed by atoms with E-state index >= 15 is 0 Å². The van der Waals surface area contributed by atoms with Gasteiger partial charge in [0.05, 0.1) is 20.1 Å². The highest BCUT2D eigenvalue weighted by Crippen LogP contribution is 2.26. The molecule has 0 aliphatic rings. The van der Waals surface area contributed by atoms with Crippen LogP contribution in [0.2, 0.25) is 20.1 Å². The second-order valence-electron chi connectivity index (χ2n) is 3.59. The fourth-order valence-electron chi connectivity index (χ4n) is 1.44. The van der Waals surface area contributed by atoms with Gasteiger partial charge in [0.2, 0.25) is 0 Å². The van der Waals surface area contributed by atoms with Gasteiger partial charge in [-0.3, -0.25) is 4.79 Å². The Morgan fingerprint density at radius 3 is 1.39 bits per heavy atom. The maximum atomic E-state index is 12.2. The van der Waals surface area contributed by atoms with Crippen LogP contribution in [0.25, 0.3) is 0 Å². The smallest absolute Gasteiger partial charge is 0.193 e. The normalized spacial score (nSPS) is 10.4. The quantitative estimate of drug-likeness (QED) is 0.665. The summed E-state index contributed by atoms with van der Waals surface area (Å²) < 4.78 is 0. The molecule has 0 aliphatic carbocycles. The van der Waals surface area contributed by atoms with E-state index < -0.39 is 0 Å². The zero-order valence-electron chi connectivity index (χ0n) is 8.88. The number of ketones is 1. The molecular weight excluding hydrogens is 314 g/mol. The fraction of sp³-hybridized carbons (Fsp3) is 0. The van der Waals surface area contributed by atoms with Crippen molar-refractivity contribution in [3.63, 3.8) is 0 Å². The summed E-state index contributed by atoms with van der Waals surface area (Å²) in [5.41, 5.74) is 0.894. The van der Waals surface area contributed by atoms with E-state index in [4.69, 9.17) is 46.4 Å². The number of rotatable bonds is 2. The summed E-state index contributed by atoms with van der Waals surface area (Å²) in [7, 11) is 0. The lowest BCUT2D eigenvalue weighted by Crippen LogP contribution is -2.01. The van der Waals surface area contributed by atoms with Gasteiger partial charge < -0.3 is 0 Å². The molecule has 2 rings (SSSR count). The molecule has 5 heteroatoms. The van der Waals surface area contributed by atoms with Crippen LogP contribution in [0, 0.1) is 0 Å². The summed E-state index contributed by atoms with van der Waals surface area (Å²) in [6.07, 6.45) is 0. The standard InChI is InChI=1S/C13H6Cl4O/c14-9-3-1-7(5-11(9)16)13(18)8-2-4-10(15)12(17)6-8/h1-6H. The zero-order chi connectivity index (χ0) is 13.3. The third-order valence-electron chi connectivity index (χ3n) is 2.36. The molecule has 0 amide bonds. The molecule has 0 N–H and O–H groups in total. The summed E-state index contributed by atoms with van der Waals surface area (Å²) in [5.74, 6) is -0.188. The third-order valence-corrected chi connectivity index (χ3v) is 3.84. The van der Waals surface area contributed by atoms with Gasteiger partial charge in [0.1, 0.15) is 0 Å². The zero-order valence-corrected chi connectivity index (χ0v) is 11.9. The molecule has 92 valence electrons. The van der Waals surface area contributed by atoms with E-state index in [1.165, 1.54) is 12.1 Å². The van der Waals surface area contributed by atoms with E-state index in [1.54, 1.807) is 24.3 Å². The Bertz CT molecular complexity index is 569. The van der Waals surface area contributed by atoms with E-state index in [9.17, 15) is 4.79 Å². The van der Waals surface area contributed by atoms with Crippen LogP contribution in [-0.4, -0.2) is 5.78 Å². The van der Waals surface area contributed by atoms with E-state index in [2.05, 4.69) is 0 Å². The molecule has 18 heavy (non-hydrogen) atoms. The van der Waals surface area contributed by atoms with Crippen LogP contribution in [-0.2, 0) is 0 Å². The van der Waals surface area contributed by atoms with Crippen molar-refractivity contribution in [3.05, 3.63) is 67.6 Å². The van der Waals surface area contributed by atoms with E-state index in [1.807, 2.05) is 0 Å². The van der Waals surface area contributed by atoms with Gasteiger partial charge in [-0.15, -0.1) is 0 Å². The van der Waals surface area contributed by atoms with Crippen molar-refractivity contribution >= 4 is 52.2 Å². The lowest BCUT2D eigenvalue weighted by molar-refractivity contribution is 0.103. The number of halogens is 4. The molecule has 2 aromatic rings. The average Bonchev–Trinajstić information content (AvgIpc) is 2.35. The first kappa shape index (κ1) is 13.7. The fourth-order valence-corrected chi connectivity index (χ4v) is 2.04. The second kappa shape index (κ2) is 5.50. The first-order valence-corrected chi connectivity index (χ1v) is 6.45. The van der Waals surface area contributed by atoms with Gasteiger partial charge in [-0.05, 0) is 36.4 Å². The van der Waals surface area contributed by atoms with Crippen LogP contribution >= 0.6 is 46.4 Å². The van der Waals surface area contributed by atoms with Crippen molar-refractivity contribution in [2.24, 2.45) is 0 Å². The minimum Gasteiger partial charge on any atom is -0.289 e. The minimum absolute atomic E-state index is 0.188. The predicted molar refractivity (Wildman–Crippen MR) is 76.4 cm³/mol. The van der Waals surface area contributed by atoms with Gasteiger partial charge in [-0.2, -0.15) is 0 Å². The Morgan fingerprint density at radius 2 is 1.06 bits per heavy atom. The summed E-state index contributed by atoms with van der Waals surface area (Å²) in [6.45, 7) is 0. The Hall–Kier alpha value is -0.730. The van der Waals surface area contributed by atoms with Crippen LogP contribution in [0.4, 0.5) is 0 Å². The van der Waals surface area contributed by atoms with E-state index in [0.717, 1.165) is 0 Å². The molecule has 1 nitrogen and oxygen atoms in total. The van der Waals surface area contributed by atoms with E-state index in [0.29, 0.717) is 31.2 Å². The number of carbonyl (C=O) groups excluding carboxylic acids is 1. The van der Waals surface area contributed by atoms with Crippen molar-refractivity contribution in [1.82, 2.24) is 0 Å². The Kier molecular flexibility index (Phi) is 4.18. The summed E-state index contributed by atoms with van der Waals surface area (Å²) in [5, 5.41) is 1.48. The minimum atomic E-state index is -0.188. The number of hydrogen-bond acceptors (Lipinski definition) is 1. The average molecular weight is 320 g/mol. The first-order chi connectivity index (χ1) is 8.49. The summed E-state index contributed by atoms with van der Waals surface area (Å²) in [4.78, 5) is 12.2. The Balaban J connectivity index is 2.41. The molecule has 0 bridgehead atoms. The van der Waals surface area contributed by atoms with Crippen molar-refractivity contribution in [1.29, 1.82) is 0 Å². The van der Waals surface area contributed by atoms with Crippen LogP contribution < -0.4 is 0 Å². The molecule has 0 radical (unpaired) electrons. The van der Waals surface area contributed by atoms with Gasteiger partial charge in [0.25, 0.3) is 0 Å². The maximum absolute atomic E-state index is 12.2. The van der Waals surface area contributed by atoms with E-state index in [-0.39, 0.29) is 5.78 Å². The maximum Gasteiger partial charge on any atom is 0.193 e. The molecule has 0 saturated carbocycles. The van der Waals surface area contributed by atoms with Crippen LogP contribution in [0.5, 0.6) is 0 Å². The van der Waals surface area contributed by atoms with Crippen LogP contribution in [0.15, 0.2) is 36.4 Å². The van der Waals surface area contributed by atoms with Gasteiger partial charge in [0.15, 0.2) is 5.78 Å². The molecule has 0 saturated heterocycles. The van der Waals surface area contributed by atoms with Gasteiger partial charge in [-0.25, -0.2) is 0 Å². The number of carbonyl (C=O) groups is 1. The van der Waals surface area contributed by atoms with Gasteiger partial charge in [-0.1, -0.05) is 46.4 Å². The molecule has 0 atom stereocenters. The SMILES string of the molecule is O=C(c1ccc(Cl)c(Cl)c1)c1ccc(Cl)c(Cl)c1. The van der Waals surface area contributed by atoms with Crippen molar-refractivity contribution in [3.8, 4) is 0 Å². The lowest BCUT2D eigenvalue weighted by Gasteiger charge is -2.04. The highest BCUT2D eigenvalue weighted by atomic mass is 35.5. The summed E-state index contributed by atoms with van der Waals surface area (Å²) >= 11 is 23.3. The number of benzene rings is 2. The largest absolute Gasteiger partial charge is 0.289 e. The lowest BCUT2D eigenvalue weighted by atomic mass is 10.0. The molecule has 0 spiro atoms. The predicted octanol–water partition coefficient (Wildman–Crippen LogP) is 5.53. The molecule has 0 aromatic heterocycles. The summed E-state index contributed by atoms with van der Waals surface area (Å²) in [6, 6.07) is 9.42. The molecule has 0 fully saturated rings. The Morgan fingerprint density at radius 1 is 0.667 bits per heavy atom. The highest BCUT2D eigenvalue weighted by molar-refractivity contribution is 6.43. The highest BCUT2D eigenvalue weighted by Gasteiger charge is 2.12. The van der Waals surface area contributed by atoms with Crippen LogP contribution in [0.1, 0.15) is 15.9 Å². The van der Waals surface area contributed by atoms with Crippen molar-refractivity contribution in [2.75, 3.05) is 0 Å². The van der Waals surface area contributed by atoms with Crippen LogP contribution in [0.3, 0.4) is 0 Å². The topological polar surface area (TPSA) is 17.1 Å². The molecular formula is C13H6Cl4O. The first-order valence-electron chi connectivity index (χ1n) is 4.94. The second-order valence-corrected chi connectivity index (χ2v) is 5.22. The van der Waals surface area contributed by atoms with Gasteiger partial charge >= 0.3 is 0 Å². The third kappa shape index (κ3) is 2.81. The Labute approximate surface area is 124 Å². The van der Waals surface area contributed by atoms with Gasteiger partial charge in [0, 0.05) is 11.1 Å². The molecule has 0 aliphatic heterocycles.